The van der Waals surface area contributed by atoms with Crippen LogP contribution in [0.25, 0.3) is 0 Å². The fourth-order valence-corrected chi connectivity index (χ4v) is 2.87. The van der Waals surface area contributed by atoms with E-state index in [4.69, 9.17) is 4.74 Å². The first-order valence-electron chi connectivity index (χ1n) is 9.15. The Morgan fingerprint density at radius 1 is 1.10 bits per heavy atom. The summed E-state index contributed by atoms with van der Waals surface area (Å²) >= 11 is 0. The largest absolute Gasteiger partial charge is 0.508 e. The van der Waals surface area contributed by atoms with E-state index in [1.54, 1.807) is 19.1 Å². The molecule has 0 aliphatic rings. The van der Waals surface area contributed by atoms with E-state index in [2.05, 4.69) is 20.3 Å². The highest BCUT2D eigenvalue weighted by molar-refractivity contribution is 5.92. The van der Waals surface area contributed by atoms with Crippen LogP contribution in [0.1, 0.15) is 42.9 Å². The second-order valence-corrected chi connectivity index (χ2v) is 6.88. The van der Waals surface area contributed by atoms with E-state index >= 15 is 0 Å². The number of hydrogen-bond donors (Lipinski definition) is 4. The maximum atomic E-state index is 12.3. The molecule has 0 saturated heterocycles. The van der Waals surface area contributed by atoms with E-state index in [1.807, 2.05) is 26.0 Å². The standard InChI is InChI=1S/C21H23N3O5/c1-12(2)22-14-4-6-16(7-5-14)29-19-11-15(25)10-18(26)20(19)13(3)23-21(27)17-8-9-28-24-17/h4-13,22,25-26H,1-3H3,(H,23,27). The lowest BCUT2D eigenvalue weighted by molar-refractivity contribution is 0.0930. The smallest absolute Gasteiger partial charge is 0.273 e. The molecule has 152 valence electrons. The molecule has 2 aromatic carbocycles. The molecule has 0 bridgehead atoms. The third kappa shape index (κ3) is 4.98. The van der Waals surface area contributed by atoms with Gasteiger partial charge in [0.25, 0.3) is 5.91 Å². The maximum Gasteiger partial charge on any atom is 0.273 e. The second-order valence-electron chi connectivity index (χ2n) is 6.88. The van der Waals surface area contributed by atoms with Gasteiger partial charge in [-0.1, -0.05) is 5.16 Å². The number of benzene rings is 2. The summed E-state index contributed by atoms with van der Waals surface area (Å²) in [5.74, 6) is -0.0881. The Morgan fingerprint density at radius 2 is 1.83 bits per heavy atom. The Balaban J connectivity index is 1.84. The fourth-order valence-electron chi connectivity index (χ4n) is 2.87. The number of phenolic OH excluding ortho intramolecular Hbond substituents is 2. The summed E-state index contributed by atoms with van der Waals surface area (Å²) in [7, 11) is 0. The number of nitrogens with zero attached hydrogens (tertiary/aromatic N) is 1. The lowest BCUT2D eigenvalue weighted by Crippen LogP contribution is -2.27. The normalized spacial score (nSPS) is 11.9. The number of ether oxygens (including phenoxy) is 1. The van der Waals surface area contributed by atoms with Crippen LogP contribution in [-0.2, 0) is 0 Å². The number of aromatic nitrogens is 1. The molecule has 1 aromatic heterocycles. The fraction of sp³-hybridized carbons (Fsp3) is 0.238. The molecule has 1 heterocycles. The lowest BCUT2D eigenvalue weighted by Gasteiger charge is -2.19. The van der Waals surface area contributed by atoms with Gasteiger partial charge in [-0.25, -0.2) is 0 Å². The number of nitrogens with one attached hydrogen (secondary N) is 2. The quantitative estimate of drug-likeness (QED) is 0.472. The first-order valence-corrected chi connectivity index (χ1v) is 9.15. The third-order valence-corrected chi connectivity index (χ3v) is 4.09. The van der Waals surface area contributed by atoms with Gasteiger partial charge in [-0.3, -0.25) is 4.79 Å². The number of amides is 1. The molecule has 1 unspecified atom stereocenters. The predicted octanol–water partition coefficient (Wildman–Crippen LogP) is 4.19. The average Bonchev–Trinajstić information content (AvgIpc) is 3.17. The summed E-state index contributed by atoms with van der Waals surface area (Å²) in [6.07, 6.45) is 1.30. The molecule has 1 amide bonds. The van der Waals surface area contributed by atoms with Crippen LogP contribution in [0, 0.1) is 0 Å². The third-order valence-electron chi connectivity index (χ3n) is 4.09. The van der Waals surface area contributed by atoms with Crippen LogP contribution in [0.15, 0.2) is 53.3 Å². The zero-order valence-corrected chi connectivity index (χ0v) is 16.3. The average molecular weight is 397 g/mol. The summed E-state index contributed by atoms with van der Waals surface area (Å²) < 4.78 is 10.6. The molecule has 0 spiro atoms. The van der Waals surface area contributed by atoms with Gasteiger partial charge in [0.15, 0.2) is 5.69 Å². The molecule has 0 aliphatic heterocycles. The number of carbonyl (C=O) groups is 1. The minimum atomic E-state index is -0.628. The van der Waals surface area contributed by atoms with Gasteiger partial charge in [-0.05, 0) is 45.0 Å². The molecule has 0 saturated carbocycles. The Hall–Kier alpha value is -3.68. The van der Waals surface area contributed by atoms with Crippen LogP contribution >= 0.6 is 0 Å². The van der Waals surface area contributed by atoms with Crippen molar-refractivity contribution in [2.75, 3.05) is 5.32 Å². The number of anilines is 1. The van der Waals surface area contributed by atoms with Crippen LogP contribution in [0.3, 0.4) is 0 Å². The van der Waals surface area contributed by atoms with Crippen molar-refractivity contribution in [3.63, 3.8) is 0 Å². The molecule has 1 atom stereocenters. The summed E-state index contributed by atoms with van der Waals surface area (Å²) in [6, 6.07) is 11.0. The minimum Gasteiger partial charge on any atom is -0.508 e. The number of carbonyl (C=O) groups excluding carboxylic acids is 1. The molecule has 8 nitrogen and oxygen atoms in total. The van der Waals surface area contributed by atoms with Crippen LogP contribution in [0.4, 0.5) is 5.69 Å². The van der Waals surface area contributed by atoms with Crippen molar-refractivity contribution >= 4 is 11.6 Å². The highest BCUT2D eigenvalue weighted by Crippen LogP contribution is 2.39. The topological polar surface area (TPSA) is 117 Å². The van der Waals surface area contributed by atoms with Crippen molar-refractivity contribution < 1.29 is 24.3 Å². The Morgan fingerprint density at radius 3 is 2.45 bits per heavy atom. The Labute approximate surface area is 168 Å². The van der Waals surface area contributed by atoms with E-state index in [-0.39, 0.29) is 22.9 Å². The van der Waals surface area contributed by atoms with Gasteiger partial charge in [0, 0.05) is 29.9 Å². The summed E-state index contributed by atoms with van der Waals surface area (Å²) in [4.78, 5) is 12.3. The first-order chi connectivity index (χ1) is 13.8. The number of hydrogen-bond acceptors (Lipinski definition) is 7. The van der Waals surface area contributed by atoms with Crippen molar-refractivity contribution in [1.29, 1.82) is 0 Å². The van der Waals surface area contributed by atoms with E-state index in [9.17, 15) is 15.0 Å². The summed E-state index contributed by atoms with van der Waals surface area (Å²) in [5, 5.41) is 29.9. The van der Waals surface area contributed by atoms with Crippen molar-refractivity contribution in [3.05, 3.63) is 60.0 Å². The molecule has 3 rings (SSSR count). The molecular weight excluding hydrogens is 374 g/mol. The van der Waals surface area contributed by atoms with E-state index in [0.717, 1.165) is 5.69 Å². The minimum absolute atomic E-state index is 0.117. The second kappa shape index (κ2) is 8.55. The summed E-state index contributed by atoms with van der Waals surface area (Å²) in [5.41, 5.74) is 1.38. The SMILES string of the molecule is CC(C)Nc1ccc(Oc2cc(O)cc(O)c2C(C)NC(=O)c2ccon2)cc1. The molecule has 0 radical (unpaired) electrons. The zero-order valence-electron chi connectivity index (χ0n) is 16.3. The van der Waals surface area contributed by atoms with Gasteiger partial charge in [0.05, 0.1) is 11.6 Å². The lowest BCUT2D eigenvalue weighted by atomic mass is 10.0. The molecule has 29 heavy (non-hydrogen) atoms. The van der Waals surface area contributed by atoms with Gasteiger partial charge < -0.3 is 30.1 Å². The highest BCUT2D eigenvalue weighted by Gasteiger charge is 2.22. The van der Waals surface area contributed by atoms with Gasteiger partial charge in [-0.2, -0.15) is 0 Å². The molecular formula is C21H23N3O5. The van der Waals surface area contributed by atoms with Crippen molar-refractivity contribution in [1.82, 2.24) is 10.5 Å². The highest BCUT2D eigenvalue weighted by atomic mass is 16.5. The van der Waals surface area contributed by atoms with E-state index in [0.29, 0.717) is 17.4 Å². The van der Waals surface area contributed by atoms with E-state index in [1.165, 1.54) is 24.5 Å². The summed E-state index contributed by atoms with van der Waals surface area (Å²) in [6.45, 7) is 5.77. The zero-order chi connectivity index (χ0) is 21.0. The molecule has 8 heteroatoms. The molecule has 3 aromatic rings. The van der Waals surface area contributed by atoms with Gasteiger partial charge in [0.2, 0.25) is 0 Å². The monoisotopic (exact) mass is 397 g/mol. The number of aromatic hydroxyl groups is 2. The van der Waals surface area contributed by atoms with Crippen LogP contribution < -0.4 is 15.4 Å². The van der Waals surface area contributed by atoms with Gasteiger partial charge in [-0.15, -0.1) is 0 Å². The maximum absolute atomic E-state index is 12.3. The number of rotatable bonds is 7. The molecule has 0 fully saturated rings. The van der Waals surface area contributed by atoms with Gasteiger partial charge >= 0.3 is 0 Å². The molecule has 4 N–H and O–H groups in total. The van der Waals surface area contributed by atoms with Crippen LogP contribution in [0.2, 0.25) is 0 Å². The van der Waals surface area contributed by atoms with Crippen LogP contribution in [0.5, 0.6) is 23.0 Å². The van der Waals surface area contributed by atoms with Crippen molar-refractivity contribution in [2.24, 2.45) is 0 Å². The number of phenols is 2. The van der Waals surface area contributed by atoms with Crippen molar-refractivity contribution in [2.45, 2.75) is 32.9 Å². The van der Waals surface area contributed by atoms with Crippen LogP contribution in [-0.4, -0.2) is 27.3 Å². The Bertz CT molecular complexity index is 969. The van der Waals surface area contributed by atoms with E-state index < -0.39 is 11.9 Å². The Kier molecular flexibility index (Phi) is 5.92. The van der Waals surface area contributed by atoms with Gasteiger partial charge in [0.1, 0.15) is 29.3 Å². The molecule has 0 aliphatic carbocycles. The first kappa shape index (κ1) is 20.1. The predicted molar refractivity (Wildman–Crippen MR) is 107 cm³/mol. The van der Waals surface area contributed by atoms with Crippen molar-refractivity contribution in [3.8, 4) is 23.0 Å².